The standard InChI is InChI=1S/C24H25N3O3/c1-15-18(20-4-2-3-5-22(20)27-15)10-11-25-21-9-7-16-12-17(6-8-19(16)21)23(29)13-24(30)26-14-28/h2-6,8,12-14,21,25,27,29H,7,9-11H2,1H3,(H,26,28,30)/b23-13+. The minimum atomic E-state index is -0.643. The third kappa shape index (κ3) is 4.00. The molecule has 3 aromatic rings. The molecule has 1 heterocycles. The summed E-state index contributed by atoms with van der Waals surface area (Å²) in [6.45, 7) is 3.00. The number of imide groups is 1. The molecule has 30 heavy (non-hydrogen) atoms. The fourth-order valence-electron chi connectivity index (χ4n) is 4.32. The topological polar surface area (TPSA) is 94.2 Å². The Morgan fingerprint density at radius 1 is 1.27 bits per heavy atom. The fraction of sp³-hybridized carbons (Fsp3) is 0.250. The van der Waals surface area contributed by atoms with E-state index in [9.17, 15) is 14.7 Å². The second-order valence-electron chi connectivity index (χ2n) is 7.64. The highest BCUT2D eigenvalue weighted by molar-refractivity contribution is 5.98. The van der Waals surface area contributed by atoms with Crippen molar-refractivity contribution in [2.75, 3.05) is 6.54 Å². The Morgan fingerprint density at radius 2 is 2.10 bits per heavy atom. The maximum Gasteiger partial charge on any atom is 0.254 e. The molecule has 1 unspecified atom stereocenters. The molecule has 1 aromatic heterocycles. The number of fused-ring (bicyclic) bond motifs is 2. The molecule has 0 radical (unpaired) electrons. The minimum absolute atomic E-state index is 0.150. The van der Waals surface area contributed by atoms with E-state index in [2.05, 4.69) is 35.4 Å². The molecule has 0 bridgehead atoms. The van der Waals surface area contributed by atoms with Crippen molar-refractivity contribution in [1.29, 1.82) is 0 Å². The highest BCUT2D eigenvalue weighted by atomic mass is 16.3. The summed E-state index contributed by atoms with van der Waals surface area (Å²) in [7, 11) is 0. The minimum Gasteiger partial charge on any atom is -0.507 e. The van der Waals surface area contributed by atoms with Crippen molar-refractivity contribution in [2.45, 2.75) is 32.2 Å². The van der Waals surface area contributed by atoms with Crippen LogP contribution in [0.1, 0.15) is 40.4 Å². The van der Waals surface area contributed by atoms with Gasteiger partial charge in [-0.05, 0) is 61.6 Å². The lowest BCUT2D eigenvalue weighted by Gasteiger charge is -2.15. The van der Waals surface area contributed by atoms with Crippen molar-refractivity contribution in [3.63, 3.8) is 0 Å². The average molecular weight is 403 g/mol. The summed E-state index contributed by atoms with van der Waals surface area (Å²) in [6.07, 6.45) is 4.19. The number of para-hydroxylation sites is 1. The number of aryl methyl sites for hydroxylation is 2. The molecule has 2 amide bonds. The van der Waals surface area contributed by atoms with E-state index in [0.717, 1.165) is 31.9 Å². The molecule has 4 N–H and O–H groups in total. The van der Waals surface area contributed by atoms with E-state index in [4.69, 9.17) is 0 Å². The molecule has 0 saturated carbocycles. The number of aromatic nitrogens is 1. The highest BCUT2D eigenvalue weighted by Gasteiger charge is 2.22. The zero-order chi connectivity index (χ0) is 21.1. The summed E-state index contributed by atoms with van der Waals surface area (Å²) in [6, 6.07) is 14.4. The molecule has 1 aliphatic carbocycles. The predicted octanol–water partition coefficient (Wildman–Crippen LogP) is 3.47. The zero-order valence-electron chi connectivity index (χ0n) is 16.9. The van der Waals surface area contributed by atoms with Gasteiger partial charge in [-0.2, -0.15) is 0 Å². The molecule has 154 valence electrons. The van der Waals surface area contributed by atoms with E-state index in [0.29, 0.717) is 12.0 Å². The second kappa shape index (κ2) is 8.55. The smallest absolute Gasteiger partial charge is 0.254 e. The summed E-state index contributed by atoms with van der Waals surface area (Å²) in [5.41, 5.74) is 6.73. The van der Waals surface area contributed by atoms with Crippen LogP contribution in [0, 0.1) is 6.92 Å². The first-order chi connectivity index (χ1) is 14.6. The van der Waals surface area contributed by atoms with E-state index >= 15 is 0 Å². The number of carbonyl (C=O) groups is 2. The molecular weight excluding hydrogens is 378 g/mol. The van der Waals surface area contributed by atoms with Gasteiger partial charge in [-0.1, -0.05) is 30.3 Å². The summed E-state index contributed by atoms with van der Waals surface area (Å²) >= 11 is 0. The first-order valence-electron chi connectivity index (χ1n) is 10.1. The van der Waals surface area contributed by atoms with Crippen LogP contribution < -0.4 is 10.6 Å². The lowest BCUT2D eigenvalue weighted by atomic mass is 10.0. The van der Waals surface area contributed by atoms with Gasteiger partial charge < -0.3 is 15.4 Å². The number of aliphatic hydroxyl groups excluding tert-OH is 1. The van der Waals surface area contributed by atoms with E-state index in [1.807, 2.05) is 29.6 Å². The van der Waals surface area contributed by atoms with E-state index in [-0.39, 0.29) is 11.8 Å². The van der Waals surface area contributed by atoms with Crippen molar-refractivity contribution in [1.82, 2.24) is 15.6 Å². The van der Waals surface area contributed by atoms with E-state index < -0.39 is 5.91 Å². The SMILES string of the molecule is Cc1[nH]c2ccccc2c1CCNC1CCc2cc(/C(O)=C\C(=O)NC=O)ccc21. The third-order valence-electron chi connectivity index (χ3n) is 5.78. The molecule has 0 spiro atoms. The summed E-state index contributed by atoms with van der Waals surface area (Å²) in [5, 5.41) is 17.1. The fourth-order valence-corrected chi connectivity index (χ4v) is 4.32. The molecule has 1 atom stereocenters. The normalized spacial score (nSPS) is 15.9. The first-order valence-corrected chi connectivity index (χ1v) is 10.1. The van der Waals surface area contributed by atoms with Crippen molar-refractivity contribution in [3.8, 4) is 0 Å². The zero-order valence-corrected chi connectivity index (χ0v) is 16.9. The highest BCUT2D eigenvalue weighted by Crippen LogP contribution is 2.33. The average Bonchev–Trinajstić information content (AvgIpc) is 3.28. The van der Waals surface area contributed by atoms with Crippen molar-refractivity contribution >= 4 is 29.0 Å². The largest absolute Gasteiger partial charge is 0.507 e. The van der Waals surface area contributed by atoms with Gasteiger partial charge in [0.2, 0.25) is 6.41 Å². The number of benzene rings is 2. The van der Waals surface area contributed by atoms with Gasteiger partial charge in [-0.25, -0.2) is 0 Å². The Hall–Kier alpha value is -3.38. The predicted molar refractivity (Wildman–Crippen MR) is 117 cm³/mol. The number of amides is 2. The monoisotopic (exact) mass is 403 g/mol. The molecule has 0 aliphatic heterocycles. The van der Waals surface area contributed by atoms with E-state index in [1.165, 1.54) is 33.3 Å². The van der Waals surface area contributed by atoms with Crippen molar-refractivity contribution in [2.24, 2.45) is 0 Å². The third-order valence-corrected chi connectivity index (χ3v) is 5.78. The van der Waals surface area contributed by atoms with Gasteiger partial charge in [0, 0.05) is 34.3 Å². The number of hydrogen-bond acceptors (Lipinski definition) is 4. The molecule has 6 heteroatoms. The Balaban J connectivity index is 1.42. The van der Waals surface area contributed by atoms with Gasteiger partial charge >= 0.3 is 0 Å². The van der Waals surface area contributed by atoms with Crippen molar-refractivity contribution in [3.05, 3.63) is 76.5 Å². The molecule has 6 nitrogen and oxygen atoms in total. The summed E-state index contributed by atoms with van der Waals surface area (Å²) in [5.74, 6) is -0.793. The number of carbonyl (C=O) groups excluding carboxylic acids is 2. The quantitative estimate of drug-likeness (QED) is 0.276. The Kier molecular flexibility index (Phi) is 5.68. The van der Waals surface area contributed by atoms with Gasteiger partial charge in [-0.3, -0.25) is 14.9 Å². The maximum atomic E-state index is 11.4. The molecule has 1 aliphatic rings. The molecular formula is C24H25N3O3. The van der Waals surface area contributed by atoms with Crippen LogP contribution in [0.15, 0.2) is 48.5 Å². The molecule has 0 saturated heterocycles. The molecule has 0 fully saturated rings. The van der Waals surface area contributed by atoms with Crippen LogP contribution in [0.3, 0.4) is 0 Å². The van der Waals surface area contributed by atoms with Gasteiger partial charge in [-0.15, -0.1) is 0 Å². The lowest BCUT2D eigenvalue weighted by Crippen LogP contribution is -2.22. The van der Waals surface area contributed by atoms with Crippen LogP contribution in [0.2, 0.25) is 0 Å². The van der Waals surface area contributed by atoms with Gasteiger partial charge in [0.05, 0.1) is 0 Å². The van der Waals surface area contributed by atoms with Crippen LogP contribution in [-0.2, 0) is 22.4 Å². The van der Waals surface area contributed by atoms with Crippen LogP contribution >= 0.6 is 0 Å². The molecule has 4 rings (SSSR count). The van der Waals surface area contributed by atoms with Crippen LogP contribution in [0.25, 0.3) is 16.7 Å². The summed E-state index contributed by atoms with van der Waals surface area (Å²) in [4.78, 5) is 25.2. The Labute approximate surface area is 175 Å². The van der Waals surface area contributed by atoms with E-state index in [1.54, 1.807) is 0 Å². The maximum absolute atomic E-state index is 11.4. The second-order valence-corrected chi connectivity index (χ2v) is 7.64. The van der Waals surface area contributed by atoms with Gasteiger partial charge in [0.15, 0.2) is 0 Å². The molecule has 2 aromatic carbocycles. The summed E-state index contributed by atoms with van der Waals surface area (Å²) < 4.78 is 0. The number of aliphatic hydroxyl groups is 1. The lowest BCUT2D eigenvalue weighted by molar-refractivity contribution is -0.121. The van der Waals surface area contributed by atoms with Gasteiger partial charge in [0.1, 0.15) is 5.76 Å². The van der Waals surface area contributed by atoms with Crippen LogP contribution in [0.5, 0.6) is 0 Å². The number of aromatic amines is 1. The number of rotatable bonds is 7. The Bertz CT molecular complexity index is 1130. The van der Waals surface area contributed by atoms with Gasteiger partial charge in [0.25, 0.3) is 5.91 Å². The van der Waals surface area contributed by atoms with Crippen LogP contribution in [0.4, 0.5) is 0 Å². The first kappa shape index (κ1) is 19.9. The Morgan fingerprint density at radius 3 is 2.93 bits per heavy atom. The van der Waals surface area contributed by atoms with Crippen molar-refractivity contribution < 1.29 is 14.7 Å². The number of H-pyrrole nitrogens is 1. The van der Waals surface area contributed by atoms with Crippen LogP contribution in [-0.4, -0.2) is 29.0 Å². The number of hydrogen-bond donors (Lipinski definition) is 4. The number of nitrogens with one attached hydrogen (secondary N) is 3.